The molecule has 0 bridgehead atoms. The monoisotopic (exact) mass is 355 g/mol. The molecule has 0 fully saturated rings. The molecule has 1 amide bonds. The second-order valence-corrected chi connectivity index (χ2v) is 6.79. The highest BCUT2D eigenvalue weighted by atomic mass is 32.2. The van der Waals surface area contributed by atoms with Gasteiger partial charge in [-0.05, 0) is 36.2 Å². The molecule has 0 spiro atoms. The summed E-state index contributed by atoms with van der Waals surface area (Å²) in [6.07, 6.45) is 0.703. The summed E-state index contributed by atoms with van der Waals surface area (Å²) in [6, 6.07) is 16.4. The number of hydrogen-bond acceptors (Lipinski definition) is 4. The third kappa shape index (κ3) is 5.57. The molecular weight excluding hydrogens is 334 g/mol. The SMILES string of the molecule is CCC(C(=O)Nc1ccc(C(=O)CSC(C)=O)cc1)c1ccccc1. The van der Waals surface area contributed by atoms with Gasteiger partial charge in [0.2, 0.25) is 5.91 Å². The normalized spacial score (nSPS) is 11.6. The van der Waals surface area contributed by atoms with Crippen molar-refractivity contribution in [2.75, 3.05) is 11.1 Å². The molecular formula is C20H21NO3S. The zero-order valence-corrected chi connectivity index (χ0v) is 15.1. The fraction of sp³-hybridized carbons (Fsp3) is 0.250. The van der Waals surface area contributed by atoms with Gasteiger partial charge in [-0.1, -0.05) is 49.0 Å². The Balaban J connectivity index is 2.01. The lowest BCUT2D eigenvalue weighted by molar-refractivity contribution is -0.117. The van der Waals surface area contributed by atoms with Gasteiger partial charge in [0.05, 0.1) is 11.7 Å². The number of carbonyl (C=O) groups excluding carboxylic acids is 3. The number of anilines is 1. The summed E-state index contributed by atoms with van der Waals surface area (Å²) in [5.74, 6) is -0.254. The van der Waals surface area contributed by atoms with Crippen molar-refractivity contribution < 1.29 is 14.4 Å². The number of nitrogens with one attached hydrogen (secondary N) is 1. The summed E-state index contributed by atoms with van der Waals surface area (Å²) < 4.78 is 0. The zero-order valence-electron chi connectivity index (χ0n) is 14.3. The van der Waals surface area contributed by atoms with Gasteiger partial charge in [0.1, 0.15) is 0 Å². The van der Waals surface area contributed by atoms with Crippen molar-refractivity contribution >= 4 is 34.3 Å². The minimum Gasteiger partial charge on any atom is -0.326 e. The maximum Gasteiger partial charge on any atom is 0.231 e. The molecule has 25 heavy (non-hydrogen) atoms. The molecule has 4 nitrogen and oxygen atoms in total. The molecule has 0 aromatic heterocycles. The molecule has 0 heterocycles. The number of Topliss-reactive ketones (excluding diaryl/α,β-unsaturated/α-hetero) is 1. The highest BCUT2D eigenvalue weighted by molar-refractivity contribution is 8.14. The standard InChI is InChI=1S/C20H21NO3S/c1-3-18(15-7-5-4-6-8-15)20(24)21-17-11-9-16(10-12-17)19(23)13-25-14(2)22/h4-12,18H,3,13H2,1-2H3,(H,21,24). The van der Waals surface area contributed by atoms with Gasteiger partial charge in [0.25, 0.3) is 0 Å². The number of benzene rings is 2. The molecule has 2 aromatic carbocycles. The van der Waals surface area contributed by atoms with E-state index in [9.17, 15) is 14.4 Å². The Bertz CT molecular complexity index is 741. The summed E-state index contributed by atoms with van der Waals surface area (Å²) in [6.45, 7) is 3.42. The Morgan fingerprint density at radius 3 is 2.20 bits per heavy atom. The van der Waals surface area contributed by atoms with Gasteiger partial charge in [0, 0.05) is 18.2 Å². The number of ketones is 1. The second kappa shape index (κ2) is 9.18. The van der Waals surface area contributed by atoms with Crippen LogP contribution in [0.5, 0.6) is 0 Å². The molecule has 0 saturated heterocycles. The largest absolute Gasteiger partial charge is 0.326 e. The fourth-order valence-corrected chi connectivity index (χ4v) is 2.98. The zero-order chi connectivity index (χ0) is 18.2. The third-order valence-corrected chi connectivity index (χ3v) is 4.62. The minimum absolute atomic E-state index is 0.0695. The minimum atomic E-state index is -0.213. The molecule has 1 unspecified atom stereocenters. The molecule has 1 atom stereocenters. The lowest BCUT2D eigenvalue weighted by atomic mass is 9.95. The number of thioether (sulfide) groups is 1. The maximum absolute atomic E-state index is 12.5. The lowest BCUT2D eigenvalue weighted by Crippen LogP contribution is -2.20. The first-order valence-corrected chi connectivity index (χ1v) is 9.12. The van der Waals surface area contributed by atoms with Gasteiger partial charge in [-0.25, -0.2) is 0 Å². The maximum atomic E-state index is 12.5. The Morgan fingerprint density at radius 2 is 1.64 bits per heavy atom. The summed E-state index contributed by atoms with van der Waals surface area (Å²) in [5, 5.41) is 2.82. The van der Waals surface area contributed by atoms with Crippen LogP contribution in [0.15, 0.2) is 54.6 Å². The summed E-state index contributed by atoms with van der Waals surface area (Å²) in [7, 11) is 0. The van der Waals surface area contributed by atoms with E-state index < -0.39 is 0 Å². The van der Waals surface area contributed by atoms with Crippen LogP contribution in [-0.4, -0.2) is 22.6 Å². The van der Waals surface area contributed by atoms with E-state index in [-0.39, 0.29) is 28.5 Å². The van der Waals surface area contributed by atoms with Gasteiger partial charge >= 0.3 is 0 Å². The Kier molecular flexibility index (Phi) is 6.95. The first kappa shape index (κ1) is 18.9. The van der Waals surface area contributed by atoms with E-state index in [1.165, 1.54) is 6.92 Å². The number of rotatable bonds is 7. The van der Waals surface area contributed by atoms with Crippen LogP contribution in [0.1, 0.15) is 42.1 Å². The average molecular weight is 355 g/mol. The van der Waals surface area contributed by atoms with Crippen molar-refractivity contribution in [3.8, 4) is 0 Å². The van der Waals surface area contributed by atoms with Gasteiger partial charge in [-0.2, -0.15) is 0 Å². The highest BCUT2D eigenvalue weighted by Crippen LogP contribution is 2.22. The van der Waals surface area contributed by atoms with Gasteiger partial charge in [-0.15, -0.1) is 0 Å². The van der Waals surface area contributed by atoms with Crippen LogP contribution in [0.2, 0.25) is 0 Å². The highest BCUT2D eigenvalue weighted by Gasteiger charge is 2.18. The van der Waals surface area contributed by atoms with Gasteiger partial charge in [0.15, 0.2) is 10.9 Å². The number of amides is 1. The fourth-order valence-electron chi connectivity index (χ4n) is 2.48. The molecule has 0 aliphatic rings. The molecule has 0 radical (unpaired) electrons. The predicted molar refractivity (Wildman–Crippen MR) is 102 cm³/mol. The Labute approximate surface area is 152 Å². The van der Waals surface area contributed by atoms with Crippen molar-refractivity contribution in [3.05, 3.63) is 65.7 Å². The number of carbonyl (C=O) groups is 3. The first-order chi connectivity index (χ1) is 12.0. The van der Waals surface area contributed by atoms with Crippen LogP contribution in [0, 0.1) is 0 Å². The van der Waals surface area contributed by atoms with Crippen molar-refractivity contribution in [1.29, 1.82) is 0 Å². The summed E-state index contributed by atoms with van der Waals surface area (Å²) >= 11 is 0.995. The van der Waals surface area contributed by atoms with Crippen molar-refractivity contribution in [2.45, 2.75) is 26.2 Å². The van der Waals surface area contributed by atoms with E-state index in [1.54, 1.807) is 24.3 Å². The topological polar surface area (TPSA) is 63.2 Å². The van der Waals surface area contributed by atoms with Gasteiger partial charge in [-0.3, -0.25) is 14.4 Å². The molecule has 2 aromatic rings. The van der Waals surface area contributed by atoms with E-state index in [4.69, 9.17) is 0 Å². The molecule has 0 saturated carbocycles. The van der Waals surface area contributed by atoms with Crippen molar-refractivity contribution in [1.82, 2.24) is 0 Å². The molecule has 0 aliphatic carbocycles. The van der Waals surface area contributed by atoms with Crippen LogP contribution < -0.4 is 5.32 Å². The van der Waals surface area contributed by atoms with Crippen LogP contribution in [0.3, 0.4) is 0 Å². The van der Waals surface area contributed by atoms with Crippen molar-refractivity contribution in [3.63, 3.8) is 0 Å². The molecule has 130 valence electrons. The van der Waals surface area contributed by atoms with E-state index in [0.29, 0.717) is 17.7 Å². The quantitative estimate of drug-likeness (QED) is 0.753. The van der Waals surface area contributed by atoms with Crippen LogP contribution in [0.25, 0.3) is 0 Å². The molecule has 5 heteroatoms. The van der Waals surface area contributed by atoms with E-state index in [0.717, 1.165) is 17.3 Å². The van der Waals surface area contributed by atoms with E-state index in [1.807, 2.05) is 37.3 Å². The summed E-state index contributed by atoms with van der Waals surface area (Å²) in [5.41, 5.74) is 2.16. The summed E-state index contributed by atoms with van der Waals surface area (Å²) in [4.78, 5) is 35.4. The molecule has 2 rings (SSSR count). The molecule has 0 aliphatic heterocycles. The smallest absolute Gasteiger partial charge is 0.231 e. The van der Waals surface area contributed by atoms with E-state index >= 15 is 0 Å². The third-order valence-electron chi connectivity index (χ3n) is 3.81. The first-order valence-electron chi connectivity index (χ1n) is 8.13. The predicted octanol–water partition coefficient (Wildman–Crippen LogP) is 4.28. The molecule has 1 N–H and O–H groups in total. The Hall–Kier alpha value is -2.40. The number of hydrogen-bond donors (Lipinski definition) is 1. The van der Waals surface area contributed by atoms with E-state index in [2.05, 4.69) is 5.32 Å². The van der Waals surface area contributed by atoms with Crippen LogP contribution >= 0.6 is 11.8 Å². The van der Waals surface area contributed by atoms with Crippen LogP contribution in [0.4, 0.5) is 5.69 Å². The van der Waals surface area contributed by atoms with Crippen LogP contribution in [-0.2, 0) is 9.59 Å². The Morgan fingerprint density at radius 1 is 1.00 bits per heavy atom. The second-order valence-electron chi connectivity index (χ2n) is 5.64. The average Bonchev–Trinajstić information content (AvgIpc) is 2.62. The van der Waals surface area contributed by atoms with Crippen molar-refractivity contribution in [2.24, 2.45) is 0 Å². The van der Waals surface area contributed by atoms with Gasteiger partial charge < -0.3 is 5.32 Å². The lowest BCUT2D eigenvalue weighted by Gasteiger charge is -2.15.